The Kier molecular flexibility index (Phi) is 6.58. The number of carbonyl (C=O) groups is 1. The van der Waals surface area contributed by atoms with E-state index in [0.717, 1.165) is 37.2 Å². The first kappa shape index (κ1) is 19.1. The Balaban J connectivity index is 1.55. The summed E-state index contributed by atoms with van der Waals surface area (Å²) in [5.41, 5.74) is 0.931. The normalized spacial score (nSPS) is 16.7. The average molecular weight is 369 g/mol. The third kappa shape index (κ3) is 5.16. The van der Waals surface area contributed by atoms with E-state index in [2.05, 4.69) is 0 Å². The highest BCUT2D eigenvalue weighted by atomic mass is 16.5. The molecule has 0 aliphatic carbocycles. The summed E-state index contributed by atoms with van der Waals surface area (Å²) in [7, 11) is 3.21. The van der Waals surface area contributed by atoms with Crippen molar-refractivity contribution in [3.63, 3.8) is 0 Å². The number of benzene rings is 2. The molecule has 1 aliphatic rings. The van der Waals surface area contributed by atoms with Gasteiger partial charge in [-0.3, -0.25) is 4.79 Å². The molecule has 0 saturated carbocycles. The van der Waals surface area contributed by atoms with Gasteiger partial charge in [0.05, 0.1) is 27.2 Å². The van der Waals surface area contributed by atoms with Crippen LogP contribution in [-0.2, 0) is 11.2 Å². The van der Waals surface area contributed by atoms with E-state index in [1.54, 1.807) is 14.2 Å². The lowest BCUT2D eigenvalue weighted by atomic mass is 9.98. The Bertz CT molecular complexity index is 747. The first-order valence-electron chi connectivity index (χ1n) is 9.36. The molecule has 0 bridgehead atoms. The fraction of sp³-hybridized carbons (Fsp3) is 0.409. The van der Waals surface area contributed by atoms with Gasteiger partial charge in [-0.2, -0.15) is 0 Å². The second-order valence-corrected chi connectivity index (χ2v) is 6.84. The molecule has 1 fully saturated rings. The van der Waals surface area contributed by atoms with Crippen molar-refractivity contribution in [1.29, 1.82) is 0 Å². The van der Waals surface area contributed by atoms with E-state index in [0.29, 0.717) is 30.4 Å². The SMILES string of the molecule is COc1ccc(CC(=O)N2CCCC(COc3ccccc3)C2)cc1OC. The van der Waals surface area contributed by atoms with Crippen molar-refractivity contribution < 1.29 is 19.0 Å². The number of rotatable bonds is 7. The van der Waals surface area contributed by atoms with E-state index in [1.807, 2.05) is 53.4 Å². The molecule has 1 heterocycles. The zero-order valence-corrected chi connectivity index (χ0v) is 16.0. The largest absolute Gasteiger partial charge is 0.493 e. The Morgan fingerprint density at radius 1 is 1.07 bits per heavy atom. The molecule has 1 amide bonds. The number of nitrogens with zero attached hydrogens (tertiary/aromatic N) is 1. The quantitative estimate of drug-likeness (QED) is 0.749. The van der Waals surface area contributed by atoms with Gasteiger partial charge in [0.25, 0.3) is 0 Å². The van der Waals surface area contributed by atoms with Crippen LogP contribution in [0.15, 0.2) is 48.5 Å². The topological polar surface area (TPSA) is 48.0 Å². The van der Waals surface area contributed by atoms with Gasteiger partial charge in [-0.15, -0.1) is 0 Å². The monoisotopic (exact) mass is 369 g/mol. The molecule has 1 saturated heterocycles. The van der Waals surface area contributed by atoms with E-state index < -0.39 is 0 Å². The number of likely N-dealkylation sites (tertiary alicyclic amines) is 1. The summed E-state index contributed by atoms with van der Waals surface area (Å²) < 4.78 is 16.5. The summed E-state index contributed by atoms with van der Waals surface area (Å²) in [5, 5.41) is 0. The van der Waals surface area contributed by atoms with Crippen LogP contribution >= 0.6 is 0 Å². The maximum absolute atomic E-state index is 12.8. The van der Waals surface area contributed by atoms with Crippen molar-refractivity contribution in [2.75, 3.05) is 33.9 Å². The van der Waals surface area contributed by atoms with Crippen LogP contribution in [0.1, 0.15) is 18.4 Å². The zero-order valence-electron chi connectivity index (χ0n) is 16.0. The standard InChI is InChI=1S/C22H27NO4/c1-25-20-11-10-17(13-21(20)26-2)14-22(24)23-12-6-7-18(15-23)16-27-19-8-4-3-5-9-19/h3-5,8-11,13,18H,6-7,12,14-16H2,1-2H3. The van der Waals surface area contributed by atoms with E-state index in [-0.39, 0.29) is 5.91 Å². The molecule has 5 nitrogen and oxygen atoms in total. The van der Waals surface area contributed by atoms with Crippen LogP contribution < -0.4 is 14.2 Å². The highest BCUT2D eigenvalue weighted by Gasteiger charge is 2.24. The summed E-state index contributed by atoms with van der Waals surface area (Å²) in [4.78, 5) is 14.7. The Labute approximate surface area is 160 Å². The molecule has 0 aromatic heterocycles. The lowest BCUT2D eigenvalue weighted by Crippen LogP contribution is -2.42. The van der Waals surface area contributed by atoms with Crippen molar-refractivity contribution in [3.05, 3.63) is 54.1 Å². The number of ether oxygens (including phenoxy) is 3. The highest BCUT2D eigenvalue weighted by Crippen LogP contribution is 2.28. The van der Waals surface area contributed by atoms with Crippen molar-refractivity contribution >= 4 is 5.91 Å². The summed E-state index contributed by atoms with van der Waals surface area (Å²) in [5.74, 6) is 2.71. The van der Waals surface area contributed by atoms with Gasteiger partial charge in [-0.25, -0.2) is 0 Å². The number of methoxy groups -OCH3 is 2. The first-order chi connectivity index (χ1) is 13.2. The van der Waals surface area contributed by atoms with Crippen LogP contribution in [-0.4, -0.2) is 44.7 Å². The fourth-order valence-electron chi connectivity index (χ4n) is 3.44. The maximum atomic E-state index is 12.8. The Morgan fingerprint density at radius 2 is 1.85 bits per heavy atom. The Hall–Kier alpha value is -2.69. The molecule has 144 valence electrons. The smallest absolute Gasteiger partial charge is 0.227 e. The van der Waals surface area contributed by atoms with Crippen LogP contribution in [0.3, 0.4) is 0 Å². The number of para-hydroxylation sites is 1. The number of piperidine rings is 1. The van der Waals surface area contributed by atoms with Gasteiger partial charge < -0.3 is 19.1 Å². The molecule has 2 aromatic carbocycles. The fourth-order valence-corrected chi connectivity index (χ4v) is 3.44. The molecule has 1 unspecified atom stereocenters. The predicted molar refractivity (Wildman–Crippen MR) is 104 cm³/mol. The van der Waals surface area contributed by atoms with Crippen LogP contribution in [0.2, 0.25) is 0 Å². The lowest BCUT2D eigenvalue weighted by molar-refractivity contribution is -0.132. The predicted octanol–water partition coefficient (Wildman–Crippen LogP) is 3.56. The van der Waals surface area contributed by atoms with E-state index in [9.17, 15) is 4.79 Å². The summed E-state index contributed by atoms with van der Waals surface area (Å²) in [6, 6.07) is 15.5. The average Bonchev–Trinajstić information content (AvgIpc) is 2.73. The van der Waals surface area contributed by atoms with E-state index in [4.69, 9.17) is 14.2 Å². The number of hydrogen-bond acceptors (Lipinski definition) is 4. The molecule has 0 N–H and O–H groups in total. The molecule has 0 radical (unpaired) electrons. The van der Waals surface area contributed by atoms with Crippen molar-refractivity contribution in [3.8, 4) is 17.2 Å². The molecule has 1 aliphatic heterocycles. The first-order valence-corrected chi connectivity index (χ1v) is 9.36. The second kappa shape index (κ2) is 9.31. The maximum Gasteiger partial charge on any atom is 0.227 e. The van der Waals surface area contributed by atoms with Gasteiger partial charge in [0.15, 0.2) is 11.5 Å². The Morgan fingerprint density at radius 3 is 2.59 bits per heavy atom. The molecule has 5 heteroatoms. The third-order valence-corrected chi connectivity index (χ3v) is 4.90. The van der Waals surface area contributed by atoms with Gasteiger partial charge in [0.2, 0.25) is 5.91 Å². The minimum absolute atomic E-state index is 0.145. The molecule has 1 atom stereocenters. The number of hydrogen-bond donors (Lipinski definition) is 0. The third-order valence-electron chi connectivity index (χ3n) is 4.90. The zero-order chi connectivity index (χ0) is 19.1. The van der Waals surface area contributed by atoms with Crippen molar-refractivity contribution in [2.24, 2.45) is 5.92 Å². The summed E-state index contributed by atoms with van der Waals surface area (Å²) in [6.07, 6.45) is 2.47. The van der Waals surface area contributed by atoms with Gasteiger partial charge in [-0.05, 0) is 42.7 Å². The minimum Gasteiger partial charge on any atom is -0.493 e. The molecule has 0 spiro atoms. The lowest BCUT2D eigenvalue weighted by Gasteiger charge is -2.32. The van der Waals surface area contributed by atoms with Crippen LogP contribution in [0.5, 0.6) is 17.2 Å². The molecule has 3 rings (SSSR count). The minimum atomic E-state index is 0.145. The van der Waals surface area contributed by atoms with Crippen LogP contribution in [0.4, 0.5) is 0 Å². The van der Waals surface area contributed by atoms with Crippen LogP contribution in [0.25, 0.3) is 0 Å². The van der Waals surface area contributed by atoms with Gasteiger partial charge >= 0.3 is 0 Å². The highest BCUT2D eigenvalue weighted by molar-refractivity contribution is 5.79. The summed E-state index contributed by atoms with van der Waals surface area (Å²) in [6.45, 7) is 2.21. The van der Waals surface area contributed by atoms with Crippen LogP contribution in [0, 0.1) is 5.92 Å². The van der Waals surface area contributed by atoms with Crippen molar-refractivity contribution in [2.45, 2.75) is 19.3 Å². The van der Waals surface area contributed by atoms with Gasteiger partial charge in [0, 0.05) is 19.0 Å². The van der Waals surface area contributed by atoms with Gasteiger partial charge in [-0.1, -0.05) is 24.3 Å². The molecular weight excluding hydrogens is 342 g/mol. The molecule has 27 heavy (non-hydrogen) atoms. The summed E-state index contributed by atoms with van der Waals surface area (Å²) >= 11 is 0. The van der Waals surface area contributed by atoms with E-state index >= 15 is 0 Å². The number of amides is 1. The molecule has 2 aromatic rings. The number of carbonyl (C=O) groups excluding carboxylic acids is 1. The molecular formula is C22H27NO4. The van der Waals surface area contributed by atoms with Crippen molar-refractivity contribution in [1.82, 2.24) is 4.90 Å². The van der Waals surface area contributed by atoms with E-state index in [1.165, 1.54) is 0 Å². The van der Waals surface area contributed by atoms with Gasteiger partial charge in [0.1, 0.15) is 5.75 Å². The second-order valence-electron chi connectivity index (χ2n) is 6.84.